The van der Waals surface area contributed by atoms with Gasteiger partial charge in [-0.25, -0.2) is 0 Å². The van der Waals surface area contributed by atoms with E-state index in [1.165, 1.54) is 26.4 Å². The Morgan fingerprint density at radius 2 is 2.15 bits per heavy atom. The van der Waals surface area contributed by atoms with Gasteiger partial charge >= 0.3 is 0 Å². The number of hydrogen-bond acceptors (Lipinski definition) is 5. The first-order chi connectivity index (χ1) is 9.62. The van der Waals surface area contributed by atoms with Gasteiger partial charge in [-0.1, -0.05) is 11.6 Å². The van der Waals surface area contributed by atoms with Crippen molar-refractivity contribution >= 4 is 23.8 Å². The van der Waals surface area contributed by atoms with Crippen molar-refractivity contribution in [2.45, 2.75) is 0 Å². The minimum atomic E-state index is -0.323. The highest BCUT2D eigenvalue weighted by molar-refractivity contribution is 6.31. The van der Waals surface area contributed by atoms with Crippen molar-refractivity contribution in [1.82, 2.24) is 5.32 Å². The minimum absolute atomic E-state index is 0.189. The highest BCUT2D eigenvalue weighted by atomic mass is 35.5. The second-order valence-corrected chi connectivity index (χ2v) is 4.21. The Kier molecular flexibility index (Phi) is 6.83. The third-order valence-electron chi connectivity index (χ3n) is 2.37. The summed E-state index contributed by atoms with van der Waals surface area (Å²) < 4.78 is 15.2. The van der Waals surface area contributed by atoms with Crippen molar-refractivity contribution in [3.63, 3.8) is 0 Å². The van der Waals surface area contributed by atoms with Crippen LogP contribution < -0.4 is 14.8 Å². The van der Waals surface area contributed by atoms with Crippen LogP contribution in [0.2, 0.25) is 5.02 Å². The topological polar surface area (TPSA) is 73.9 Å². The Balaban J connectivity index is 2.71. The van der Waals surface area contributed by atoms with Crippen molar-refractivity contribution in [3.05, 3.63) is 22.7 Å². The van der Waals surface area contributed by atoms with Crippen LogP contribution in [0.1, 0.15) is 10.4 Å². The molecule has 0 saturated carbocycles. The standard InChI is InChI=1S/C13H16ClNO5/c1-18-4-3-15-12(17)8-20-13-9(7-16)5-10(14)6-11(13)19-2/h5-7H,3-4,8H2,1-2H3,(H,15,17). The molecule has 0 saturated heterocycles. The Bertz CT molecular complexity index is 478. The Hall–Kier alpha value is -1.79. The van der Waals surface area contributed by atoms with E-state index in [4.69, 9.17) is 25.8 Å². The molecular formula is C13H16ClNO5. The molecule has 0 fully saturated rings. The molecule has 1 aromatic rings. The predicted molar refractivity (Wildman–Crippen MR) is 73.8 cm³/mol. The Labute approximate surface area is 122 Å². The molecule has 7 heteroatoms. The second kappa shape index (κ2) is 8.39. The fourth-order valence-corrected chi connectivity index (χ4v) is 1.68. The maximum Gasteiger partial charge on any atom is 0.258 e. The van der Waals surface area contributed by atoms with E-state index in [2.05, 4.69) is 5.32 Å². The van der Waals surface area contributed by atoms with Gasteiger partial charge in [0, 0.05) is 24.7 Å². The van der Waals surface area contributed by atoms with Gasteiger partial charge in [-0.3, -0.25) is 9.59 Å². The summed E-state index contributed by atoms with van der Waals surface area (Å²) in [5, 5.41) is 2.94. The van der Waals surface area contributed by atoms with Gasteiger partial charge in [0.25, 0.3) is 5.91 Å². The molecule has 0 aliphatic heterocycles. The van der Waals surface area contributed by atoms with Crippen LogP contribution in [0, 0.1) is 0 Å². The summed E-state index contributed by atoms with van der Waals surface area (Å²) in [6, 6.07) is 2.95. The fraction of sp³-hybridized carbons (Fsp3) is 0.385. The fourth-order valence-electron chi connectivity index (χ4n) is 1.46. The highest BCUT2D eigenvalue weighted by Gasteiger charge is 2.14. The lowest BCUT2D eigenvalue weighted by Crippen LogP contribution is -2.31. The summed E-state index contributed by atoms with van der Waals surface area (Å²) in [6.07, 6.45) is 0.590. The average Bonchev–Trinajstić information content (AvgIpc) is 2.45. The van der Waals surface area contributed by atoms with Gasteiger partial charge < -0.3 is 19.5 Å². The molecule has 1 N–H and O–H groups in total. The number of methoxy groups -OCH3 is 2. The highest BCUT2D eigenvalue weighted by Crippen LogP contribution is 2.33. The first kappa shape index (κ1) is 16.3. The molecular weight excluding hydrogens is 286 g/mol. The van der Waals surface area contributed by atoms with E-state index < -0.39 is 0 Å². The molecule has 0 spiro atoms. The van der Waals surface area contributed by atoms with Gasteiger partial charge in [-0.2, -0.15) is 0 Å². The van der Waals surface area contributed by atoms with E-state index in [-0.39, 0.29) is 23.8 Å². The molecule has 0 unspecified atom stereocenters. The summed E-state index contributed by atoms with van der Waals surface area (Å²) in [5.74, 6) is 0.161. The van der Waals surface area contributed by atoms with Crippen molar-refractivity contribution in [1.29, 1.82) is 0 Å². The SMILES string of the molecule is COCCNC(=O)COc1c(C=O)cc(Cl)cc1OC. The van der Waals surface area contributed by atoms with Crippen LogP contribution in [0.5, 0.6) is 11.5 Å². The van der Waals surface area contributed by atoms with Crippen molar-refractivity contribution in [2.24, 2.45) is 0 Å². The van der Waals surface area contributed by atoms with Crippen LogP contribution in [-0.4, -0.2) is 46.2 Å². The first-order valence-electron chi connectivity index (χ1n) is 5.83. The van der Waals surface area contributed by atoms with Crippen LogP contribution in [0.25, 0.3) is 0 Å². The Morgan fingerprint density at radius 3 is 2.75 bits per heavy atom. The smallest absolute Gasteiger partial charge is 0.258 e. The molecule has 1 aromatic carbocycles. The van der Waals surface area contributed by atoms with Crippen molar-refractivity contribution in [2.75, 3.05) is 34.0 Å². The number of benzene rings is 1. The first-order valence-corrected chi connectivity index (χ1v) is 6.21. The predicted octanol–water partition coefficient (Wildman–Crippen LogP) is 1.30. The van der Waals surface area contributed by atoms with Crippen LogP contribution in [0.4, 0.5) is 0 Å². The summed E-state index contributed by atoms with van der Waals surface area (Å²) in [6.45, 7) is 0.565. The minimum Gasteiger partial charge on any atom is -0.493 e. The van der Waals surface area contributed by atoms with Gasteiger partial charge in [-0.05, 0) is 6.07 Å². The zero-order chi connectivity index (χ0) is 15.0. The number of rotatable bonds is 8. The van der Waals surface area contributed by atoms with E-state index in [1.807, 2.05) is 0 Å². The zero-order valence-electron chi connectivity index (χ0n) is 11.3. The molecule has 1 amide bonds. The van der Waals surface area contributed by atoms with E-state index in [9.17, 15) is 9.59 Å². The molecule has 0 radical (unpaired) electrons. The zero-order valence-corrected chi connectivity index (χ0v) is 12.0. The van der Waals surface area contributed by atoms with Crippen LogP contribution in [0.3, 0.4) is 0 Å². The number of aldehydes is 1. The van der Waals surface area contributed by atoms with Gasteiger partial charge in [-0.15, -0.1) is 0 Å². The lowest BCUT2D eigenvalue weighted by Gasteiger charge is -2.13. The summed E-state index contributed by atoms with van der Waals surface area (Å²) in [7, 11) is 2.96. The monoisotopic (exact) mass is 301 g/mol. The molecule has 0 heterocycles. The van der Waals surface area contributed by atoms with Crippen LogP contribution in [-0.2, 0) is 9.53 Å². The van der Waals surface area contributed by atoms with E-state index in [1.54, 1.807) is 0 Å². The molecule has 6 nitrogen and oxygen atoms in total. The number of hydrogen-bond donors (Lipinski definition) is 1. The van der Waals surface area contributed by atoms with Gasteiger partial charge in [0.2, 0.25) is 0 Å². The maximum atomic E-state index is 11.5. The molecule has 0 bridgehead atoms. The number of carbonyl (C=O) groups excluding carboxylic acids is 2. The molecule has 110 valence electrons. The lowest BCUT2D eigenvalue weighted by atomic mass is 10.2. The molecule has 20 heavy (non-hydrogen) atoms. The van der Waals surface area contributed by atoms with E-state index in [0.29, 0.717) is 30.2 Å². The summed E-state index contributed by atoms with van der Waals surface area (Å²) in [5.41, 5.74) is 0.221. The van der Waals surface area contributed by atoms with Gasteiger partial charge in [0.1, 0.15) is 0 Å². The van der Waals surface area contributed by atoms with E-state index >= 15 is 0 Å². The van der Waals surface area contributed by atoms with Crippen LogP contribution >= 0.6 is 11.6 Å². The molecule has 0 atom stereocenters. The van der Waals surface area contributed by atoms with E-state index in [0.717, 1.165) is 0 Å². The molecule has 1 rings (SSSR count). The van der Waals surface area contributed by atoms with Crippen molar-refractivity contribution < 1.29 is 23.8 Å². The van der Waals surface area contributed by atoms with Crippen molar-refractivity contribution in [3.8, 4) is 11.5 Å². The van der Waals surface area contributed by atoms with Gasteiger partial charge in [0.05, 0.1) is 19.3 Å². The average molecular weight is 302 g/mol. The molecule has 0 aromatic heterocycles. The number of amides is 1. The normalized spacial score (nSPS) is 9.95. The Morgan fingerprint density at radius 1 is 1.40 bits per heavy atom. The number of halogens is 1. The number of carbonyl (C=O) groups is 2. The molecule has 0 aliphatic carbocycles. The summed E-state index contributed by atoms with van der Waals surface area (Å²) >= 11 is 5.84. The second-order valence-electron chi connectivity index (χ2n) is 3.78. The third-order valence-corrected chi connectivity index (χ3v) is 2.59. The molecule has 0 aliphatic rings. The lowest BCUT2D eigenvalue weighted by molar-refractivity contribution is -0.123. The van der Waals surface area contributed by atoms with Crippen LogP contribution in [0.15, 0.2) is 12.1 Å². The number of nitrogens with one attached hydrogen (secondary N) is 1. The summed E-state index contributed by atoms with van der Waals surface area (Å²) in [4.78, 5) is 22.5. The van der Waals surface area contributed by atoms with Gasteiger partial charge in [0.15, 0.2) is 24.4 Å². The third kappa shape index (κ3) is 4.71. The maximum absolute atomic E-state index is 11.5. The largest absolute Gasteiger partial charge is 0.493 e. The number of ether oxygens (including phenoxy) is 3. The quantitative estimate of drug-likeness (QED) is 0.579.